The molecule has 0 amide bonds. The zero-order valence-corrected chi connectivity index (χ0v) is 10.4. The molecule has 0 aliphatic heterocycles. The van der Waals surface area contributed by atoms with Crippen molar-refractivity contribution in [2.45, 2.75) is 13.8 Å². The van der Waals surface area contributed by atoms with E-state index < -0.39 is 0 Å². The summed E-state index contributed by atoms with van der Waals surface area (Å²) in [6.07, 6.45) is 1.67. The lowest BCUT2D eigenvalue weighted by Crippen LogP contribution is -2.08. The minimum absolute atomic E-state index is 0.405. The summed E-state index contributed by atoms with van der Waals surface area (Å²) in [5.41, 5.74) is 9.13. The highest BCUT2D eigenvalue weighted by molar-refractivity contribution is 5.82. The normalized spacial score (nSPS) is 11.3. The van der Waals surface area contributed by atoms with Crippen molar-refractivity contribution in [2.24, 2.45) is 7.05 Å². The average molecular weight is 243 g/mol. The Hall–Kier alpha value is -2.44. The van der Waals surface area contributed by atoms with Crippen molar-refractivity contribution < 1.29 is 0 Å². The van der Waals surface area contributed by atoms with Gasteiger partial charge in [0.15, 0.2) is 11.5 Å². The summed E-state index contributed by atoms with van der Waals surface area (Å²) >= 11 is 0. The second-order valence-electron chi connectivity index (χ2n) is 4.28. The number of aryl methyl sites for hydroxylation is 3. The van der Waals surface area contributed by atoms with E-state index in [4.69, 9.17) is 5.73 Å². The van der Waals surface area contributed by atoms with Gasteiger partial charge in [-0.05, 0) is 19.9 Å². The SMILES string of the molecule is Cc1cc(C)n(-c2nc(N)c3c(ncn3C)n2)n1. The highest BCUT2D eigenvalue weighted by Crippen LogP contribution is 2.18. The molecule has 0 radical (unpaired) electrons. The minimum atomic E-state index is 0.405. The molecule has 0 saturated heterocycles. The number of anilines is 1. The summed E-state index contributed by atoms with van der Waals surface area (Å²) in [5, 5.41) is 4.34. The Morgan fingerprint density at radius 1 is 1.22 bits per heavy atom. The predicted molar refractivity (Wildman–Crippen MR) is 67.3 cm³/mol. The Morgan fingerprint density at radius 3 is 2.67 bits per heavy atom. The van der Waals surface area contributed by atoms with Crippen LogP contribution in [0.2, 0.25) is 0 Å². The van der Waals surface area contributed by atoms with E-state index in [1.807, 2.05) is 27.0 Å². The number of aromatic nitrogens is 6. The van der Waals surface area contributed by atoms with E-state index in [2.05, 4.69) is 20.1 Å². The van der Waals surface area contributed by atoms with Gasteiger partial charge in [0.25, 0.3) is 5.95 Å². The van der Waals surface area contributed by atoms with Crippen LogP contribution >= 0.6 is 0 Å². The van der Waals surface area contributed by atoms with Gasteiger partial charge >= 0.3 is 0 Å². The number of nitrogens with two attached hydrogens (primary N) is 1. The Bertz CT molecular complexity index is 737. The molecule has 0 aliphatic carbocycles. The van der Waals surface area contributed by atoms with Crippen molar-refractivity contribution in [3.8, 4) is 5.95 Å². The molecule has 0 unspecified atom stereocenters. The van der Waals surface area contributed by atoms with Gasteiger partial charge in [-0.3, -0.25) is 0 Å². The number of imidazole rings is 1. The Balaban J connectivity index is 2.28. The maximum Gasteiger partial charge on any atom is 0.254 e. The highest BCUT2D eigenvalue weighted by Gasteiger charge is 2.13. The molecule has 7 nitrogen and oxygen atoms in total. The first-order valence-corrected chi connectivity index (χ1v) is 5.54. The van der Waals surface area contributed by atoms with E-state index in [1.165, 1.54) is 0 Å². The predicted octanol–water partition coefficient (Wildman–Crippen LogP) is 0.748. The minimum Gasteiger partial charge on any atom is -0.382 e. The van der Waals surface area contributed by atoms with Gasteiger partial charge in [-0.2, -0.15) is 15.1 Å². The van der Waals surface area contributed by atoms with Gasteiger partial charge in [0.2, 0.25) is 0 Å². The molecule has 3 rings (SSSR count). The van der Waals surface area contributed by atoms with E-state index in [-0.39, 0.29) is 0 Å². The molecule has 3 aromatic rings. The van der Waals surface area contributed by atoms with Crippen LogP contribution in [0.5, 0.6) is 0 Å². The molecule has 18 heavy (non-hydrogen) atoms. The lowest BCUT2D eigenvalue weighted by Gasteiger charge is -2.04. The quantitative estimate of drug-likeness (QED) is 0.681. The second-order valence-corrected chi connectivity index (χ2v) is 4.28. The van der Waals surface area contributed by atoms with Gasteiger partial charge in [0.05, 0.1) is 12.0 Å². The van der Waals surface area contributed by atoms with Crippen LogP contribution in [0.1, 0.15) is 11.4 Å². The lowest BCUT2D eigenvalue weighted by molar-refractivity contribution is 0.780. The monoisotopic (exact) mass is 243 g/mol. The zero-order valence-electron chi connectivity index (χ0n) is 10.4. The van der Waals surface area contributed by atoms with Crippen LogP contribution in [-0.2, 0) is 7.05 Å². The summed E-state index contributed by atoms with van der Waals surface area (Å²) in [5.74, 6) is 0.854. The van der Waals surface area contributed by atoms with Crippen molar-refractivity contribution in [2.75, 3.05) is 5.73 Å². The fourth-order valence-electron chi connectivity index (χ4n) is 2.00. The van der Waals surface area contributed by atoms with E-state index in [0.717, 1.165) is 16.9 Å². The molecule has 0 aromatic carbocycles. The van der Waals surface area contributed by atoms with Gasteiger partial charge in [-0.15, -0.1) is 0 Å². The summed E-state index contributed by atoms with van der Waals surface area (Å²) in [6, 6.07) is 1.96. The van der Waals surface area contributed by atoms with Crippen molar-refractivity contribution in [3.05, 3.63) is 23.8 Å². The first-order chi connectivity index (χ1) is 8.56. The molecule has 0 fully saturated rings. The van der Waals surface area contributed by atoms with Crippen LogP contribution in [0.3, 0.4) is 0 Å². The fraction of sp³-hybridized carbons (Fsp3) is 0.273. The van der Waals surface area contributed by atoms with Crippen LogP contribution in [0.4, 0.5) is 5.82 Å². The number of nitrogens with zero attached hydrogens (tertiary/aromatic N) is 6. The van der Waals surface area contributed by atoms with Crippen molar-refractivity contribution >= 4 is 17.0 Å². The van der Waals surface area contributed by atoms with Gasteiger partial charge in [0.1, 0.15) is 5.52 Å². The standard InChI is InChI=1S/C11H13N7/c1-6-4-7(2)18(16-6)11-14-9(12)8-10(15-11)13-5-17(8)3/h4-5H,1-3H3,(H2,12,14,15). The number of hydrogen-bond acceptors (Lipinski definition) is 5. The third kappa shape index (κ3) is 1.44. The lowest BCUT2D eigenvalue weighted by atomic mass is 10.4. The van der Waals surface area contributed by atoms with Crippen molar-refractivity contribution in [1.29, 1.82) is 0 Å². The topological polar surface area (TPSA) is 87.4 Å². The van der Waals surface area contributed by atoms with Crippen LogP contribution in [-0.4, -0.2) is 29.3 Å². The number of fused-ring (bicyclic) bond motifs is 1. The van der Waals surface area contributed by atoms with E-state index >= 15 is 0 Å². The molecule has 0 bridgehead atoms. The number of nitrogen functional groups attached to an aromatic ring is 1. The van der Waals surface area contributed by atoms with Crippen LogP contribution in [0.25, 0.3) is 17.1 Å². The highest BCUT2D eigenvalue weighted by atomic mass is 15.4. The van der Waals surface area contributed by atoms with Crippen molar-refractivity contribution in [3.63, 3.8) is 0 Å². The first kappa shape index (κ1) is 10.7. The van der Waals surface area contributed by atoms with Gasteiger partial charge < -0.3 is 10.3 Å². The smallest absolute Gasteiger partial charge is 0.254 e. The first-order valence-electron chi connectivity index (χ1n) is 5.54. The van der Waals surface area contributed by atoms with E-state index in [1.54, 1.807) is 15.6 Å². The fourth-order valence-corrected chi connectivity index (χ4v) is 2.00. The molecule has 7 heteroatoms. The zero-order chi connectivity index (χ0) is 12.9. The van der Waals surface area contributed by atoms with E-state index in [0.29, 0.717) is 17.4 Å². The molecule has 92 valence electrons. The van der Waals surface area contributed by atoms with Gasteiger partial charge in [-0.1, -0.05) is 0 Å². The average Bonchev–Trinajstić information content (AvgIpc) is 2.82. The van der Waals surface area contributed by atoms with Crippen LogP contribution in [0.15, 0.2) is 12.4 Å². The van der Waals surface area contributed by atoms with Gasteiger partial charge in [-0.25, -0.2) is 9.67 Å². The van der Waals surface area contributed by atoms with E-state index in [9.17, 15) is 0 Å². The molecule has 0 aliphatic rings. The van der Waals surface area contributed by atoms with Crippen LogP contribution in [0, 0.1) is 13.8 Å². The maximum atomic E-state index is 5.94. The molecule has 0 spiro atoms. The van der Waals surface area contributed by atoms with Crippen molar-refractivity contribution in [1.82, 2.24) is 29.3 Å². The summed E-state index contributed by atoms with van der Waals surface area (Å²) in [4.78, 5) is 12.9. The Labute approximate surface area is 103 Å². The molecular weight excluding hydrogens is 230 g/mol. The molecule has 3 aromatic heterocycles. The third-order valence-corrected chi connectivity index (χ3v) is 2.79. The largest absolute Gasteiger partial charge is 0.382 e. The maximum absolute atomic E-state index is 5.94. The summed E-state index contributed by atoms with van der Waals surface area (Å²) < 4.78 is 3.47. The molecule has 2 N–H and O–H groups in total. The Morgan fingerprint density at radius 2 is 2.00 bits per heavy atom. The molecule has 0 atom stereocenters. The molecule has 3 heterocycles. The third-order valence-electron chi connectivity index (χ3n) is 2.79. The van der Waals surface area contributed by atoms with Gasteiger partial charge in [0, 0.05) is 12.7 Å². The number of hydrogen-bond donors (Lipinski definition) is 1. The summed E-state index contributed by atoms with van der Waals surface area (Å²) in [7, 11) is 1.86. The Kier molecular flexibility index (Phi) is 2.09. The van der Waals surface area contributed by atoms with Crippen LogP contribution < -0.4 is 5.73 Å². The second kappa shape index (κ2) is 3.52. The summed E-state index contributed by atoms with van der Waals surface area (Å²) in [6.45, 7) is 3.87. The molecule has 0 saturated carbocycles. The molecular formula is C11H13N7. The number of rotatable bonds is 1.